The minimum absolute atomic E-state index is 0.0246. The van der Waals surface area contributed by atoms with Crippen molar-refractivity contribution in [2.75, 3.05) is 19.9 Å². The van der Waals surface area contributed by atoms with Crippen LogP contribution in [0.4, 0.5) is 22.0 Å². The van der Waals surface area contributed by atoms with Crippen molar-refractivity contribution in [3.63, 3.8) is 0 Å². The van der Waals surface area contributed by atoms with Crippen LogP contribution in [-0.4, -0.2) is 36.2 Å². The van der Waals surface area contributed by atoms with E-state index in [1.807, 2.05) is 0 Å². The molecule has 27 heavy (non-hydrogen) atoms. The summed E-state index contributed by atoms with van der Waals surface area (Å²) in [6, 6.07) is 7.46. The second-order valence-electron chi connectivity index (χ2n) is 6.17. The summed E-state index contributed by atoms with van der Waals surface area (Å²) in [6.07, 6.45) is -4.81. The van der Waals surface area contributed by atoms with Crippen molar-refractivity contribution in [2.24, 2.45) is 0 Å². The van der Waals surface area contributed by atoms with E-state index < -0.39 is 42.3 Å². The van der Waals surface area contributed by atoms with Gasteiger partial charge in [-0.3, -0.25) is 0 Å². The van der Waals surface area contributed by atoms with Crippen LogP contribution in [0.3, 0.4) is 0 Å². The molecule has 1 aromatic heterocycles. The lowest BCUT2D eigenvalue weighted by Crippen LogP contribution is -2.29. The number of aromatic nitrogens is 1. The number of pyridine rings is 1. The van der Waals surface area contributed by atoms with Gasteiger partial charge in [0.05, 0.1) is 18.4 Å². The molecule has 3 rings (SSSR count). The average Bonchev–Trinajstić information content (AvgIpc) is 3.00. The van der Waals surface area contributed by atoms with Crippen molar-refractivity contribution in [1.29, 1.82) is 5.26 Å². The van der Waals surface area contributed by atoms with Crippen molar-refractivity contribution < 1.29 is 31.8 Å². The second kappa shape index (κ2) is 6.78. The van der Waals surface area contributed by atoms with Crippen LogP contribution >= 0.6 is 0 Å². The quantitative estimate of drug-likeness (QED) is 0.818. The number of rotatable bonds is 4. The Balaban J connectivity index is 2.28. The van der Waals surface area contributed by atoms with Crippen LogP contribution in [0.1, 0.15) is 17.2 Å². The van der Waals surface area contributed by atoms with E-state index in [0.717, 1.165) is 18.2 Å². The lowest BCUT2D eigenvalue weighted by Gasteiger charge is -2.21. The van der Waals surface area contributed by atoms with Gasteiger partial charge in [0.1, 0.15) is 36.1 Å². The lowest BCUT2D eigenvalue weighted by atomic mass is 9.83. The Labute approximate surface area is 150 Å². The first-order chi connectivity index (χ1) is 12.8. The summed E-state index contributed by atoms with van der Waals surface area (Å²) in [5.74, 6) is -2.91. The number of fused-ring (bicyclic) bond motifs is 1. The zero-order chi connectivity index (χ0) is 19.8. The van der Waals surface area contributed by atoms with E-state index in [1.54, 1.807) is 6.07 Å². The number of nitriles is 1. The van der Waals surface area contributed by atoms with Crippen LogP contribution in [0.25, 0.3) is 11.3 Å². The average molecular weight is 384 g/mol. The Kier molecular flexibility index (Phi) is 4.78. The summed E-state index contributed by atoms with van der Waals surface area (Å²) in [5, 5.41) is 18.6. The molecule has 0 saturated carbocycles. The number of benzene rings is 1. The van der Waals surface area contributed by atoms with Gasteiger partial charge < -0.3 is 9.84 Å². The zero-order valence-corrected chi connectivity index (χ0v) is 13.7. The molecule has 1 aliphatic rings. The molecule has 2 atom stereocenters. The van der Waals surface area contributed by atoms with Crippen molar-refractivity contribution in [3.8, 4) is 23.1 Å². The van der Waals surface area contributed by atoms with Gasteiger partial charge >= 0.3 is 6.18 Å². The summed E-state index contributed by atoms with van der Waals surface area (Å²) < 4.78 is 72.1. The van der Waals surface area contributed by atoms with Crippen molar-refractivity contribution in [3.05, 3.63) is 47.4 Å². The molecule has 0 bridgehead atoms. The topological polar surface area (TPSA) is 66.1 Å². The Morgan fingerprint density at radius 3 is 2.48 bits per heavy atom. The molecule has 4 nitrogen and oxygen atoms in total. The Bertz CT molecular complexity index is 892. The van der Waals surface area contributed by atoms with Gasteiger partial charge in [0.15, 0.2) is 5.75 Å². The first-order valence-corrected chi connectivity index (χ1v) is 7.84. The van der Waals surface area contributed by atoms with Gasteiger partial charge in [-0.1, -0.05) is 0 Å². The van der Waals surface area contributed by atoms with Crippen LogP contribution < -0.4 is 4.74 Å². The molecule has 2 unspecified atom stereocenters. The molecular formula is C18H13F5N2O2. The minimum atomic E-state index is -4.81. The fraction of sp³-hybridized carbons (Fsp3) is 0.333. The SMILES string of the molecule is N#CC1(CF)COc2c1cc(C(CO)C(F)(F)F)nc2-c1ccc(F)cc1. The maximum absolute atomic E-state index is 13.6. The van der Waals surface area contributed by atoms with Crippen LogP contribution in [0.15, 0.2) is 30.3 Å². The van der Waals surface area contributed by atoms with E-state index in [0.29, 0.717) is 0 Å². The largest absolute Gasteiger partial charge is 0.489 e. The molecule has 2 aromatic rings. The van der Waals surface area contributed by atoms with Gasteiger partial charge in [-0.05, 0) is 30.3 Å². The fourth-order valence-corrected chi connectivity index (χ4v) is 2.91. The predicted octanol–water partition coefficient (Wildman–Crippen LogP) is 3.65. The van der Waals surface area contributed by atoms with Gasteiger partial charge in [0, 0.05) is 11.1 Å². The predicted molar refractivity (Wildman–Crippen MR) is 84.3 cm³/mol. The summed E-state index contributed by atoms with van der Waals surface area (Å²) in [5.41, 5.74) is -2.24. The van der Waals surface area contributed by atoms with Crippen molar-refractivity contribution in [2.45, 2.75) is 17.5 Å². The second-order valence-corrected chi connectivity index (χ2v) is 6.17. The van der Waals surface area contributed by atoms with Crippen LogP contribution in [0.5, 0.6) is 5.75 Å². The highest BCUT2D eigenvalue weighted by molar-refractivity contribution is 5.71. The monoisotopic (exact) mass is 384 g/mol. The first kappa shape index (κ1) is 19.0. The summed E-state index contributed by atoms with van der Waals surface area (Å²) in [6.45, 7) is -2.82. The third-order valence-corrected chi connectivity index (χ3v) is 4.47. The third kappa shape index (κ3) is 3.21. The number of alkyl halides is 4. The molecule has 2 heterocycles. The highest BCUT2D eigenvalue weighted by atomic mass is 19.4. The van der Waals surface area contributed by atoms with E-state index in [9.17, 15) is 32.3 Å². The molecule has 0 radical (unpaired) electrons. The van der Waals surface area contributed by atoms with Gasteiger partial charge in [-0.2, -0.15) is 18.4 Å². The molecule has 0 amide bonds. The van der Waals surface area contributed by atoms with E-state index in [-0.39, 0.29) is 29.2 Å². The first-order valence-electron chi connectivity index (χ1n) is 7.84. The van der Waals surface area contributed by atoms with Gasteiger partial charge in [-0.25, -0.2) is 13.8 Å². The highest BCUT2D eigenvalue weighted by Crippen LogP contribution is 2.46. The highest BCUT2D eigenvalue weighted by Gasteiger charge is 2.47. The summed E-state index contributed by atoms with van der Waals surface area (Å²) in [7, 11) is 0. The normalized spacial score (nSPS) is 19.9. The van der Waals surface area contributed by atoms with Crippen molar-refractivity contribution >= 4 is 0 Å². The Morgan fingerprint density at radius 2 is 1.96 bits per heavy atom. The van der Waals surface area contributed by atoms with Crippen molar-refractivity contribution in [1.82, 2.24) is 4.98 Å². The maximum Gasteiger partial charge on any atom is 0.399 e. The fourth-order valence-electron chi connectivity index (χ4n) is 2.91. The van der Waals surface area contributed by atoms with Gasteiger partial charge in [-0.15, -0.1) is 0 Å². The summed E-state index contributed by atoms with van der Waals surface area (Å²) >= 11 is 0. The Hall–Kier alpha value is -2.73. The molecule has 0 fully saturated rings. The zero-order valence-electron chi connectivity index (χ0n) is 13.7. The Morgan fingerprint density at radius 1 is 1.30 bits per heavy atom. The molecule has 1 N–H and O–H groups in total. The molecule has 142 valence electrons. The van der Waals surface area contributed by atoms with Crippen LogP contribution in [0, 0.1) is 17.1 Å². The standard InChI is InChI=1S/C18H13F5N2O2/c19-7-17(8-24)9-27-16-12(17)5-14(13(6-26)18(21,22)23)25-15(16)10-1-3-11(20)4-2-10/h1-5,13,26H,6-7,9H2. The molecule has 0 saturated heterocycles. The summed E-state index contributed by atoms with van der Waals surface area (Å²) in [4.78, 5) is 3.96. The van der Waals surface area contributed by atoms with E-state index in [1.165, 1.54) is 12.1 Å². The third-order valence-electron chi connectivity index (χ3n) is 4.47. The molecule has 1 aromatic carbocycles. The number of aliphatic hydroxyl groups excluding tert-OH is 1. The van der Waals surface area contributed by atoms with E-state index in [2.05, 4.69) is 4.98 Å². The number of ether oxygens (including phenoxy) is 1. The number of halogens is 5. The molecule has 0 aliphatic carbocycles. The van der Waals surface area contributed by atoms with Gasteiger partial charge in [0.2, 0.25) is 0 Å². The van der Waals surface area contributed by atoms with Gasteiger partial charge in [0.25, 0.3) is 0 Å². The molecule has 0 spiro atoms. The smallest absolute Gasteiger partial charge is 0.399 e. The molecule has 9 heteroatoms. The lowest BCUT2D eigenvalue weighted by molar-refractivity contribution is -0.159. The van der Waals surface area contributed by atoms with Crippen LogP contribution in [0.2, 0.25) is 0 Å². The van der Waals surface area contributed by atoms with Crippen LogP contribution in [-0.2, 0) is 5.41 Å². The minimum Gasteiger partial charge on any atom is -0.489 e. The number of nitrogens with zero attached hydrogens (tertiary/aromatic N) is 2. The number of aliphatic hydroxyl groups is 1. The molecular weight excluding hydrogens is 371 g/mol. The van der Waals surface area contributed by atoms with E-state index in [4.69, 9.17) is 4.74 Å². The number of hydrogen-bond acceptors (Lipinski definition) is 4. The van der Waals surface area contributed by atoms with E-state index >= 15 is 0 Å². The number of hydrogen-bond donors (Lipinski definition) is 1. The molecule has 1 aliphatic heterocycles. The maximum atomic E-state index is 13.6.